The van der Waals surface area contributed by atoms with E-state index in [9.17, 15) is 14.3 Å². The molecule has 0 heterocycles. The van der Waals surface area contributed by atoms with Gasteiger partial charge in [-0.2, -0.15) is 5.10 Å². The summed E-state index contributed by atoms with van der Waals surface area (Å²) in [6, 6.07) is 9.78. The van der Waals surface area contributed by atoms with Crippen molar-refractivity contribution in [1.82, 2.24) is 0 Å². The second kappa shape index (κ2) is 6.71. The molecule has 0 atom stereocenters. The van der Waals surface area contributed by atoms with Crippen molar-refractivity contribution in [3.63, 3.8) is 0 Å². The van der Waals surface area contributed by atoms with Crippen LogP contribution in [0, 0.1) is 5.82 Å². The summed E-state index contributed by atoms with van der Waals surface area (Å²) in [4.78, 5) is 10.9. The van der Waals surface area contributed by atoms with E-state index in [0.29, 0.717) is 23.4 Å². The Morgan fingerprint density at radius 1 is 1.27 bits per heavy atom. The van der Waals surface area contributed by atoms with E-state index in [1.54, 1.807) is 12.1 Å². The number of anilines is 1. The van der Waals surface area contributed by atoms with Crippen LogP contribution in [-0.4, -0.2) is 21.9 Å². The van der Waals surface area contributed by atoms with E-state index in [4.69, 9.17) is 5.11 Å². The molecule has 0 unspecified atom stereocenters. The van der Waals surface area contributed by atoms with Gasteiger partial charge < -0.3 is 10.2 Å². The molecule has 114 valence electrons. The summed E-state index contributed by atoms with van der Waals surface area (Å²) in [5.74, 6) is -1.57. The second-order valence-corrected chi connectivity index (χ2v) is 4.57. The molecule has 0 saturated carbocycles. The highest BCUT2D eigenvalue weighted by atomic mass is 19.1. The highest BCUT2D eigenvalue weighted by Gasteiger charge is 2.09. The number of rotatable bonds is 5. The van der Waals surface area contributed by atoms with Crippen molar-refractivity contribution in [1.29, 1.82) is 0 Å². The van der Waals surface area contributed by atoms with Crippen LogP contribution >= 0.6 is 0 Å². The maximum atomic E-state index is 13.3. The van der Waals surface area contributed by atoms with Crippen molar-refractivity contribution in [3.05, 3.63) is 59.4 Å². The average Bonchev–Trinajstić information content (AvgIpc) is 2.51. The number of halogens is 1. The number of hydrogen-bond donors (Lipinski definition) is 3. The molecule has 0 aromatic heterocycles. The first-order valence-corrected chi connectivity index (χ1v) is 6.66. The van der Waals surface area contributed by atoms with Crippen LogP contribution in [0.5, 0.6) is 5.75 Å². The Balaban J connectivity index is 2.28. The summed E-state index contributed by atoms with van der Waals surface area (Å²) < 4.78 is 13.3. The number of carboxylic acids is 1. The third-order valence-electron chi connectivity index (χ3n) is 3.03. The van der Waals surface area contributed by atoms with Gasteiger partial charge in [0.05, 0.1) is 17.0 Å². The first-order valence-electron chi connectivity index (χ1n) is 6.66. The lowest BCUT2D eigenvalue weighted by molar-refractivity contribution is 0.0697. The van der Waals surface area contributed by atoms with Crippen LogP contribution in [0.1, 0.15) is 29.3 Å². The Morgan fingerprint density at radius 2 is 2.05 bits per heavy atom. The molecule has 0 aliphatic heterocycles. The number of carbonyl (C=O) groups is 1. The zero-order chi connectivity index (χ0) is 16.1. The molecular formula is C16H15FN2O3. The molecule has 5 nitrogen and oxygen atoms in total. The van der Waals surface area contributed by atoms with Gasteiger partial charge in [-0.25, -0.2) is 9.18 Å². The Hall–Kier alpha value is -2.89. The average molecular weight is 302 g/mol. The Morgan fingerprint density at radius 3 is 2.73 bits per heavy atom. The minimum atomic E-state index is -1.04. The van der Waals surface area contributed by atoms with Gasteiger partial charge in [0.25, 0.3) is 0 Å². The molecule has 0 amide bonds. The molecule has 0 saturated heterocycles. The summed E-state index contributed by atoms with van der Waals surface area (Å²) in [5.41, 5.74) is 4.10. The molecule has 0 radical (unpaired) electrons. The van der Waals surface area contributed by atoms with Crippen LogP contribution in [0.4, 0.5) is 10.1 Å². The third kappa shape index (κ3) is 3.60. The largest absolute Gasteiger partial charge is 0.507 e. The van der Waals surface area contributed by atoms with Gasteiger partial charge in [-0.1, -0.05) is 13.0 Å². The third-order valence-corrected chi connectivity index (χ3v) is 3.03. The molecule has 3 N–H and O–H groups in total. The van der Waals surface area contributed by atoms with Crippen molar-refractivity contribution in [2.75, 3.05) is 5.43 Å². The van der Waals surface area contributed by atoms with Crippen molar-refractivity contribution in [2.45, 2.75) is 13.3 Å². The number of hydrazone groups is 1. The molecule has 0 fully saturated rings. The standard InChI is InChI=1S/C16H15FN2O3/c1-2-14(13-9-11(17)6-7-15(13)20)19-18-12-5-3-4-10(8-12)16(21)22/h3-9,18,20H,2H2,1H3,(H,21,22)/b19-14-. The summed E-state index contributed by atoms with van der Waals surface area (Å²) >= 11 is 0. The first kappa shape index (κ1) is 15.5. The van der Waals surface area contributed by atoms with Crippen LogP contribution in [0.25, 0.3) is 0 Å². The lowest BCUT2D eigenvalue weighted by Gasteiger charge is -2.08. The number of phenolic OH excluding ortho intramolecular Hbond substituents is 1. The highest BCUT2D eigenvalue weighted by molar-refractivity contribution is 6.03. The van der Waals surface area contributed by atoms with Crippen molar-refractivity contribution in [3.8, 4) is 5.75 Å². The number of nitrogens with one attached hydrogen (secondary N) is 1. The monoisotopic (exact) mass is 302 g/mol. The predicted octanol–water partition coefficient (Wildman–Crippen LogP) is 3.46. The molecule has 0 aliphatic carbocycles. The van der Waals surface area contributed by atoms with Crippen LogP contribution in [0.3, 0.4) is 0 Å². The number of aromatic hydroxyl groups is 1. The molecule has 2 rings (SSSR count). The maximum absolute atomic E-state index is 13.3. The summed E-state index contributed by atoms with van der Waals surface area (Å²) in [5, 5.41) is 22.9. The van der Waals surface area contributed by atoms with Crippen LogP contribution in [0.15, 0.2) is 47.6 Å². The summed E-state index contributed by atoms with van der Waals surface area (Å²) in [7, 11) is 0. The zero-order valence-electron chi connectivity index (χ0n) is 11.9. The summed E-state index contributed by atoms with van der Waals surface area (Å²) in [6.45, 7) is 1.82. The van der Waals surface area contributed by atoms with E-state index < -0.39 is 11.8 Å². The van der Waals surface area contributed by atoms with E-state index >= 15 is 0 Å². The number of benzene rings is 2. The van der Waals surface area contributed by atoms with Gasteiger partial charge in [0.2, 0.25) is 0 Å². The summed E-state index contributed by atoms with van der Waals surface area (Å²) in [6.07, 6.45) is 0.461. The van der Waals surface area contributed by atoms with Gasteiger partial charge >= 0.3 is 5.97 Å². The van der Waals surface area contributed by atoms with Gasteiger partial charge in [-0.05, 0) is 42.8 Å². The van der Waals surface area contributed by atoms with Gasteiger partial charge in [-0.3, -0.25) is 5.43 Å². The SMILES string of the molecule is CC/C(=N/Nc1cccc(C(=O)O)c1)c1cc(F)ccc1O. The molecule has 0 aliphatic rings. The van der Waals surface area contributed by atoms with Crippen molar-refractivity contribution in [2.24, 2.45) is 5.10 Å². The minimum Gasteiger partial charge on any atom is -0.507 e. The molecular weight excluding hydrogens is 287 g/mol. The topological polar surface area (TPSA) is 81.9 Å². The van der Waals surface area contributed by atoms with Crippen LogP contribution < -0.4 is 5.43 Å². The predicted molar refractivity (Wildman–Crippen MR) is 81.9 cm³/mol. The zero-order valence-corrected chi connectivity index (χ0v) is 11.9. The molecule has 0 bridgehead atoms. The molecule has 2 aromatic rings. The molecule has 0 spiro atoms. The first-order chi connectivity index (χ1) is 10.5. The lowest BCUT2D eigenvalue weighted by Crippen LogP contribution is -2.05. The Kier molecular flexibility index (Phi) is 4.73. The second-order valence-electron chi connectivity index (χ2n) is 4.57. The van der Waals surface area contributed by atoms with E-state index in [2.05, 4.69) is 10.5 Å². The molecule has 2 aromatic carbocycles. The van der Waals surface area contributed by atoms with E-state index in [1.165, 1.54) is 24.3 Å². The van der Waals surface area contributed by atoms with Gasteiger partial charge in [0, 0.05) is 5.56 Å². The van der Waals surface area contributed by atoms with E-state index in [1.807, 2.05) is 6.92 Å². The normalized spacial score (nSPS) is 11.3. The highest BCUT2D eigenvalue weighted by Crippen LogP contribution is 2.20. The maximum Gasteiger partial charge on any atom is 0.335 e. The Bertz CT molecular complexity index is 729. The number of carboxylic acid groups (broad SMARTS) is 1. The fraction of sp³-hybridized carbons (Fsp3) is 0.125. The van der Waals surface area contributed by atoms with E-state index in [0.717, 1.165) is 6.07 Å². The quantitative estimate of drug-likeness (QED) is 0.583. The van der Waals surface area contributed by atoms with Crippen LogP contribution in [0.2, 0.25) is 0 Å². The number of hydrogen-bond acceptors (Lipinski definition) is 4. The fourth-order valence-electron chi connectivity index (χ4n) is 1.92. The smallest absolute Gasteiger partial charge is 0.335 e. The minimum absolute atomic E-state index is 0.0666. The van der Waals surface area contributed by atoms with E-state index in [-0.39, 0.29) is 11.3 Å². The number of aromatic carboxylic acids is 1. The van der Waals surface area contributed by atoms with Gasteiger partial charge in [0.1, 0.15) is 11.6 Å². The fourth-order valence-corrected chi connectivity index (χ4v) is 1.92. The van der Waals surface area contributed by atoms with Crippen molar-refractivity contribution < 1.29 is 19.4 Å². The molecule has 22 heavy (non-hydrogen) atoms. The van der Waals surface area contributed by atoms with Gasteiger partial charge in [-0.15, -0.1) is 0 Å². The number of nitrogens with zero attached hydrogens (tertiary/aromatic N) is 1. The Labute approximate surface area is 126 Å². The van der Waals surface area contributed by atoms with Gasteiger partial charge in [0.15, 0.2) is 0 Å². The molecule has 6 heteroatoms. The van der Waals surface area contributed by atoms with Crippen molar-refractivity contribution >= 4 is 17.4 Å². The van der Waals surface area contributed by atoms with Crippen LogP contribution in [-0.2, 0) is 0 Å². The number of phenols is 1. The lowest BCUT2D eigenvalue weighted by atomic mass is 10.1.